The van der Waals surface area contributed by atoms with Crippen molar-refractivity contribution in [2.24, 2.45) is 0 Å². The van der Waals surface area contributed by atoms with Crippen LogP contribution in [0.2, 0.25) is 0 Å². The highest BCUT2D eigenvalue weighted by atomic mass is 35.5. The fourth-order valence-corrected chi connectivity index (χ4v) is 1.20. The molecule has 0 radical (unpaired) electrons. The molecular formula is C20H56ClN4O8P. The molecule has 12 nitrogen and oxygen atoms in total. The van der Waals surface area contributed by atoms with Gasteiger partial charge in [0.25, 0.3) is 0 Å². The van der Waals surface area contributed by atoms with Crippen molar-refractivity contribution in [2.75, 3.05) is 137 Å². The maximum absolute atomic E-state index is 8.55. The van der Waals surface area contributed by atoms with Crippen molar-refractivity contribution in [1.29, 1.82) is 0 Å². The first-order valence-corrected chi connectivity index (χ1v) is 12.1. The first-order valence-electron chi connectivity index (χ1n) is 10.6. The minimum absolute atomic E-state index is 0. The van der Waals surface area contributed by atoms with Gasteiger partial charge in [0.1, 0.15) is 26.2 Å². The van der Waals surface area contributed by atoms with Crippen LogP contribution in [-0.4, -0.2) is 176 Å². The quantitative estimate of drug-likeness (QED) is 0.172. The molecule has 0 aliphatic rings. The van der Waals surface area contributed by atoms with Crippen molar-refractivity contribution in [1.82, 2.24) is 0 Å². The minimum atomic E-state index is -5.39. The van der Waals surface area contributed by atoms with Crippen LogP contribution in [0.3, 0.4) is 0 Å². The number of halogens is 1. The SMILES string of the molecule is C[N+](C)(C)CCO.C[N+](C)(C)CCO.C[N+](C)(C)CCO.C[N+](C)(C)CCO.O=P([O-])([O-])[O-].[Cl-]. The minimum Gasteiger partial charge on any atom is -1.00 e. The topological polar surface area (TPSA) is 167 Å². The van der Waals surface area contributed by atoms with Crippen molar-refractivity contribution >= 4 is 7.82 Å². The van der Waals surface area contributed by atoms with Gasteiger partial charge < -0.3 is 70.0 Å². The van der Waals surface area contributed by atoms with Crippen LogP contribution in [-0.2, 0) is 4.57 Å². The first-order chi connectivity index (χ1) is 14.2. The maximum atomic E-state index is 8.55. The highest BCUT2D eigenvalue weighted by molar-refractivity contribution is 7.40. The second kappa shape index (κ2) is 23.5. The van der Waals surface area contributed by atoms with E-state index < -0.39 is 7.82 Å². The molecule has 4 N–H and O–H groups in total. The van der Waals surface area contributed by atoms with Gasteiger partial charge in [-0.15, -0.1) is 0 Å². The lowest BCUT2D eigenvalue weighted by atomic mass is 10.5. The molecule has 0 unspecified atom stereocenters. The molecule has 0 amide bonds. The lowest BCUT2D eigenvalue weighted by Crippen LogP contribution is -3.00. The molecule has 0 bridgehead atoms. The van der Waals surface area contributed by atoms with E-state index in [1.165, 1.54) is 0 Å². The van der Waals surface area contributed by atoms with E-state index in [1.54, 1.807) is 0 Å². The largest absolute Gasteiger partial charge is 1.00 e. The van der Waals surface area contributed by atoms with Gasteiger partial charge in [0.05, 0.1) is 111 Å². The molecule has 0 aromatic rings. The van der Waals surface area contributed by atoms with Gasteiger partial charge in [0.15, 0.2) is 0 Å². The number of aliphatic hydroxyl groups excluding tert-OH is 4. The van der Waals surface area contributed by atoms with Crippen LogP contribution < -0.4 is 27.1 Å². The van der Waals surface area contributed by atoms with Gasteiger partial charge in [0, 0.05) is 0 Å². The lowest BCUT2D eigenvalue weighted by Gasteiger charge is -2.36. The van der Waals surface area contributed by atoms with Crippen LogP contribution in [0.5, 0.6) is 0 Å². The standard InChI is InChI=1S/4C5H14NO.ClH.H3O4P/c4*1-6(2,3)4-5-7;;1-5(2,3)4/h4*7H,4-5H2,1-3H3;1H;(H3,1,2,3,4)/q4*+1;;/p-4. The Morgan fingerprint density at radius 3 is 0.559 bits per heavy atom. The third-order valence-electron chi connectivity index (χ3n) is 3.08. The number of likely N-dealkylation sites (N-methyl/N-ethyl adjacent to an activating group) is 4. The average molecular weight is 547 g/mol. The molecule has 0 aliphatic carbocycles. The van der Waals surface area contributed by atoms with Gasteiger partial charge in [-0.05, 0) is 0 Å². The van der Waals surface area contributed by atoms with Gasteiger partial charge in [-0.1, -0.05) is 0 Å². The molecule has 0 aromatic carbocycles. The molecule has 0 saturated carbocycles. The van der Waals surface area contributed by atoms with E-state index in [2.05, 4.69) is 84.6 Å². The Kier molecular flexibility index (Phi) is 32.7. The molecular weight excluding hydrogens is 491 g/mol. The van der Waals surface area contributed by atoms with E-state index in [0.29, 0.717) is 0 Å². The first kappa shape index (κ1) is 47.3. The predicted octanol–water partition coefficient (Wildman–Crippen LogP) is -7.08. The van der Waals surface area contributed by atoms with Crippen molar-refractivity contribution < 1.29 is 70.0 Å². The molecule has 0 spiro atoms. The van der Waals surface area contributed by atoms with Gasteiger partial charge in [0.2, 0.25) is 0 Å². The highest BCUT2D eigenvalue weighted by Gasteiger charge is 2.04. The van der Waals surface area contributed by atoms with Crippen LogP contribution in [0.4, 0.5) is 0 Å². The summed E-state index contributed by atoms with van der Waals surface area (Å²) in [4.78, 5) is 25.6. The van der Waals surface area contributed by atoms with Crippen LogP contribution in [0.15, 0.2) is 0 Å². The number of phosphoric acid groups is 1. The molecule has 0 aliphatic heterocycles. The number of hydrogen-bond donors (Lipinski definition) is 4. The summed E-state index contributed by atoms with van der Waals surface area (Å²) in [5.41, 5.74) is 0. The second-order valence-corrected chi connectivity index (χ2v) is 12.3. The van der Waals surface area contributed by atoms with Gasteiger partial charge in [-0.3, -0.25) is 0 Å². The highest BCUT2D eigenvalue weighted by Crippen LogP contribution is 2.03. The molecule has 0 rings (SSSR count). The van der Waals surface area contributed by atoms with Crippen LogP contribution in [0.25, 0.3) is 0 Å². The zero-order valence-electron chi connectivity index (χ0n) is 23.7. The third kappa shape index (κ3) is 120. The summed E-state index contributed by atoms with van der Waals surface area (Å²) in [5.74, 6) is 0. The third-order valence-corrected chi connectivity index (χ3v) is 3.08. The van der Waals surface area contributed by atoms with E-state index in [0.717, 1.165) is 44.1 Å². The molecule has 0 fully saturated rings. The number of aliphatic hydroxyl groups is 4. The predicted molar refractivity (Wildman–Crippen MR) is 128 cm³/mol. The summed E-state index contributed by atoms with van der Waals surface area (Å²) in [5, 5.41) is 33.5. The lowest BCUT2D eigenvalue weighted by molar-refractivity contribution is -0.870. The fourth-order valence-electron chi connectivity index (χ4n) is 1.20. The average Bonchev–Trinajstić information content (AvgIpc) is 2.41. The molecule has 0 heterocycles. The van der Waals surface area contributed by atoms with Crippen molar-refractivity contribution in [3.63, 3.8) is 0 Å². The fraction of sp³-hybridized carbons (Fsp3) is 1.00. The van der Waals surface area contributed by atoms with E-state index in [9.17, 15) is 0 Å². The number of nitrogens with zero attached hydrogens (tertiary/aromatic N) is 4. The van der Waals surface area contributed by atoms with E-state index in [4.69, 9.17) is 39.7 Å². The molecule has 34 heavy (non-hydrogen) atoms. The summed E-state index contributed by atoms with van der Waals surface area (Å²) in [7, 11) is 19.2. The Balaban J connectivity index is -0.0000000719. The Bertz CT molecular complexity index is 385. The van der Waals surface area contributed by atoms with E-state index >= 15 is 0 Å². The summed E-state index contributed by atoms with van der Waals surface area (Å²) < 4.78 is 11.9. The monoisotopic (exact) mass is 546 g/mol. The van der Waals surface area contributed by atoms with Gasteiger partial charge >= 0.3 is 0 Å². The summed E-state index contributed by atoms with van der Waals surface area (Å²) in [6, 6.07) is 0. The van der Waals surface area contributed by atoms with Gasteiger partial charge in [-0.2, -0.15) is 7.82 Å². The Morgan fingerprint density at radius 2 is 0.559 bits per heavy atom. The van der Waals surface area contributed by atoms with Crippen molar-refractivity contribution in [3.05, 3.63) is 0 Å². The zero-order valence-corrected chi connectivity index (χ0v) is 25.3. The number of rotatable bonds is 8. The summed E-state index contributed by atoms with van der Waals surface area (Å²) >= 11 is 0. The summed E-state index contributed by atoms with van der Waals surface area (Å²) in [6.45, 7) is 4.46. The number of quaternary nitrogens is 4. The van der Waals surface area contributed by atoms with E-state index in [-0.39, 0.29) is 38.8 Å². The van der Waals surface area contributed by atoms with Gasteiger partial charge in [-0.25, -0.2) is 0 Å². The van der Waals surface area contributed by atoms with Crippen LogP contribution in [0.1, 0.15) is 0 Å². The molecule has 0 atom stereocenters. The van der Waals surface area contributed by atoms with Crippen LogP contribution in [0, 0.1) is 0 Å². The molecule has 0 saturated heterocycles. The van der Waals surface area contributed by atoms with Crippen LogP contribution >= 0.6 is 7.82 Å². The van der Waals surface area contributed by atoms with Crippen molar-refractivity contribution in [3.8, 4) is 0 Å². The van der Waals surface area contributed by atoms with Crippen molar-refractivity contribution in [2.45, 2.75) is 0 Å². The Hall–Kier alpha value is 0.0800. The zero-order chi connectivity index (χ0) is 28.2. The molecule has 0 aromatic heterocycles. The molecule has 14 heteroatoms. The van der Waals surface area contributed by atoms with E-state index in [1.807, 2.05) is 0 Å². The smallest absolute Gasteiger partial charge is 0.101 e. The maximum Gasteiger partial charge on any atom is 0.101 e. The molecule has 216 valence electrons. The summed E-state index contributed by atoms with van der Waals surface area (Å²) in [6.07, 6.45) is 0. The Labute approximate surface area is 215 Å². The number of hydrogen-bond acceptors (Lipinski definition) is 8. The second-order valence-electron chi connectivity index (χ2n) is 11.4. The normalized spacial score (nSPS) is 11.6. The Morgan fingerprint density at radius 1 is 0.471 bits per heavy atom.